The molecule has 1 unspecified atom stereocenters. The van der Waals surface area contributed by atoms with Crippen LogP contribution in [0.15, 0.2) is 60.1 Å². The van der Waals surface area contributed by atoms with Crippen molar-refractivity contribution in [3.8, 4) is 5.75 Å². The van der Waals surface area contributed by atoms with Crippen LogP contribution in [-0.2, 0) is 9.59 Å². The maximum absolute atomic E-state index is 12.8. The Morgan fingerprint density at radius 1 is 1.15 bits per heavy atom. The van der Waals surface area contributed by atoms with Gasteiger partial charge in [0.25, 0.3) is 5.91 Å². The van der Waals surface area contributed by atoms with Crippen molar-refractivity contribution in [2.45, 2.75) is 19.9 Å². The first-order valence-corrected chi connectivity index (χ1v) is 8.30. The number of ether oxygens (including phenoxy) is 1. The molecule has 0 radical (unpaired) electrons. The normalized spacial score (nSPS) is 17.2. The number of hydrogen-bond donors (Lipinski definition) is 1. The summed E-state index contributed by atoms with van der Waals surface area (Å²) in [7, 11) is 1.56. The molecule has 1 N–H and O–H groups in total. The molecule has 1 aromatic carbocycles. The second-order valence-corrected chi connectivity index (χ2v) is 6.34. The van der Waals surface area contributed by atoms with E-state index in [4.69, 9.17) is 4.74 Å². The van der Waals surface area contributed by atoms with E-state index in [1.165, 1.54) is 4.90 Å². The van der Waals surface area contributed by atoms with Crippen molar-refractivity contribution < 1.29 is 19.4 Å². The molecule has 1 aliphatic rings. The molecular weight excluding hydrogens is 332 g/mol. The molecule has 3 rings (SSSR count). The third-order valence-corrected chi connectivity index (χ3v) is 4.37. The lowest BCUT2D eigenvalue weighted by Gasteiger charge is -2.27. The molecule has 26 heavy (non-hydrogen) atoms. The zero-order valence-electron chi connectivity index (χ0n) is 14.8. The average Bonchev–Trinajstić information content (AvgIpc) is 2.93. The molecule has 0 spiro atoms. The summed E-state index contributed by atoms with van der Waals surface area (Å²) < 4.78 is 5.16. The number of anilines is 1. The molecule has 1 amide bonds. The first-order chi connectivity index (χ1) is 12.5. The zero-order chi connectivity index (χ0) is 18.8. The standard InChI is InChI=1S/C20H20N2O4/c1-12(2)18(23)16-17(13-8-10-21-11-9-13)22(20(25)19(16)24)14-4-6-15(26-3)7-5-14/h4-12,17,24H,1-3H3. The number of ketones is 1. The van der Waals surface area contributed by atoms with Crippen molar-refractivity contribution in [3.63, 3.8) is 0 Å². The minimum atomic E-state index is -0.700. The Morgan fingerprint density at radius 3 is 2.31 bits per heavy atom. The number of amides is 1. The minimum absolute atomic E-state index is 0.118. The summed E-state index contributed by atoms with van der Waals surface area (Å²) in [6, 6.07) is 9.68. The van der Waals surface area contributed by atoms with Crippen molar-refractivity contribution in [3.05, 3.63) is 65.7 Å². The van der Waals surface area contributed by atoms with Crippen molar-refractivity contribution in [1.82, 2.24) is 4.98 Å². The molecule has 2 aromatic rings. The fourth-order valence-electron chi connectivity index (χ4n) is 3.04. The molecule has 6 heteroatoms. The Morgan fingerprint density at radius 2 is 1.77 bits per heavy atom. The van der Waals surface area contributed by atoms with E-state index in [2.05, 4.69) is 4.98 Å². The zero-order valence-corrected chi connectivity index (χ0v) is 14.8. The molecule has 0 saturated heterocycles. The van der Waals surface area contributed by atoms with Crippen molar-refractivity contribution in [1.29, 1.82) is 0 Å². The summed E-state index contributed by atoms with van der Waals surface area (Å²) in [6.45, 7) is 3.49. The van der Waals surface area contributed by atoms with Crippen molar-refractivity contribution in [2.24, 2.45) is 5.92 Å². The lowest BCUT2D eigenvalue weighted by molar-refractivity contribution is -0.119. The predicted octanol–water partition coefficient (Wildman–Crippen LogP) is 3.22. The van der Waals surface area contributed by atoms with Gasteiger partial charge in [0.15, 0.2) is 11.5 Å². The highest BCUT2D eigenvalue weighted by Gasteiger charge is 2.44. The smallest absolute Gasteiger partial charge is 0.294 e. The van der Waals surface area contributed by atoms with Crippen molar-refractivity contribution >= 4 is 17.4 Å². The van der Waals surface area contributed by atoms with E-state index in [1.807, 2.05) is 0 Å². The van der Waals surface area contributed by atoms with Crippen LogP contribution in [0.3, 0.4) is 0 Å². The van der Waals surface area contributed by atoms with Crippen LogP contribution < -0.4 is 9.64 Å². The quantitative estimate of drug-likeness (QED) is 0.894. The van der Waals surface area contributed by atoms with Crippen LogP contribution in [0.1, 0.15) is 25.5 Å². The summed E-state index contributed by atoms with van der Waals surface area (Å²) in [6.07, 6.45) is 3.19. The fourth-order valence-corrected chi connectivity index (χ4v) is 3.04. The molecule has 0 bridgehead atoms. The van der Waals surface area contributed by atoms with Gasteiger partial charge < -0.3 is 9.84 Å². The fraction of sp³-hybridized carbons (Fsp3) is 0.250. The highest BCUT2D eigenvalue weighted by atomic mass is 16.5. The molecule has 0 fully saturated rings. The van der Waals surface area contributed by atoms with E-state index in [9.17, 15) is 14.7 Å². The van der Waals surface area contributed by atoms with Crippen LogP contribution >= 0.6 is 0 Å². The highest BCUT2D eigenvalue weighted by molar-refractivity contribution is 6.16. The van der Waals surface area contributed by atoms with Gasteiger partial charge in [0, 0.05) is 24.0 Å². The molecule has 0 aliphatic carbocycles. The van der Waals surface area contributed by atoms with Crippen LogP contribution in [0, 0.1) is 5.92 Å². The van der Waals surface area contributed by atoms with Gasteiger partial charge in [-0.25, -0.2) is 0 Å². The molecule has 2 heterocycles. The van der Waals surface area contributed by atoms with E-state index < -0.39 is 17.7 Å². The monoisotopic (exact) mass is 352 g/mol. The molecular formula is C20H20N2O4. The van der Waals surface area contributed by atoms with E-state index >= 15 is 0 Å². The topological polar surface area (TPSA) is 79.7 Å². The number of Topliss-reactive ketones (excluding diaryl/α,β-unsaturated/α-hetero) is 1. The Labute approximate surface area is 151 Å². The number of nitrogens with zero attached hydrogens (tertiary/aromatic N) is 2. The molecule has 134 valence electrons. The lowest BCUT2D eigenvalue weighted by atomic mass is 9.91. The average molecular weight is 352 g/mol. The van der Waals surface area contributed by atoms with Crippen LogP contribution in [0.25, 0.3) is 0 Å². The van der Waals surface area contributed by atoms with E-state index in [0.29, 0.717) is 17.0 Å². The van der Waals surface area contributed by atoms with Crippen LogP contribution in [-0.4, -0.2) is 28.9 Å². The number of aromatic nitrogens is 1. The van der Waals surface area contributed by atoms with E-state index in [-0.39, 0.29) is 17.3 Å². The number of carbonyl (C=O) groups excluding carboxylic acids is 2. The van der Waals surface area contributed by atoms with Crippen LogP contribution in [0.2, 0.25) is 0 Å². The summed E-state index contributed by atoms with van der Waals surface area (Å²) in [4.78, 5) is 31.0. The number of hydrogen-bond acceptors (Lipinski definition) is 5. The summed E-state index contributed by atoms with van der Waals surface area (Å²) in [5.74, 6) is -1.05. The van der Waals surface area contributed by atoms with Gasteiger partial charge in [-0.15, -0.1) is 0 Å². The molecule has 1 atom stereocenters. The maximum atomic E-state index is 12.8. The van der Waals surface area contributed by atoms with Gasteiger partial charge in [0.2, 0.25) is 0 Å². The van der Waals surface area contributed by atoms with Crippen LogP contribution in [0.4, 0.5) is 5.69 Å². The Hall–Kier alpha value is -3.15. The number of rotatable bonds is 5. The third kappa shape index (κ3) is 2.94. The maximum Gasteiger partial charge on any atom is 0.294 e. The minimum Gasteiger partial charge on any atom is -0.503 e. The van der Waals surface area contributed by atoms with Gasteiger partial charge in [-0.1, -0.05) is 13.8 Å². The molecule has 1 aromatic heterocycles. The molecule has 0 saturated carbocycles. The van der Waals surface area contributed by atoms with E-state index in [1.54, 1.807) is 69.7 Å². The number of pyridine rings is 1. The van der Waals surface area contributed by atoms with Crippen LogP contribution in [0.5, 0.6) is 5.75 Å². The number of aliphatic hydroxyl groups is 1. The Bertz CT molecular complexity index is 857. The number of aliphatic hydroxyl groups excluding tert-OH is 1. The summed E-state index contributed by atoms with van der Waals surface area (Å²) in [5, 5.41) is 10.5. The molecule has 6 nitrogen and oxygen atoms in total. The number of benzene rings is 1. The number of methoxy groups -OCH3 is 1. The van der Waals surface area contributed by atoms with Crippen molar-refractivity contribution in [2.75, 3.05) is 12.0 Å². The first kappa shape index (κ1) is 17.7. The Balaban J connectivity index is 2.14. The third-order valence-electron chi connectivity index (χ3n) is 4.37. The second kappa shape index (κ2) is 7.00. The SMILES string of the molecule is COc1ccc(N2C(=O)C(O)=C(C(=O)C(C)C)C2c2ccncc2)cc1. The van der Waals surface area contributed by atoms with Gasteiger partial charge in [0.1, 0.15) is 5.75 Å². The summed E-state index contributed by atoms with van der Waals surface area (Å²) in [5.41, 5.74) is 1.39. The lowest BCUT2D eigenvalue weighted by Crippen LogP contribution is -2.31. The van der Waals surface area contributed by atoms with Gasteiger partial charge in [0.05, 0.1) is 18.7 Å². The largest absolute Gasteiger partial charge is 0.503 e. The van der Waals surface area contributed by atoms with Gasteiger partial charge in [-0.05, 0) is 42.0 Å². The highest BCUT2D eigenvalue weighted by Crippen LogP contribution is 2.41. The van der Waals surface area contributed by atoms with Gasteiger partial charge >= 0.3 is 0 Å². The number of carbonyl (C=O) groups is 2. The second-order valence-electron chi connectivity index (χ2n) is 6.34. The van der Waals surface area contributed by atoms with E-state index in [0.717, 1.165) is 0 Å². The predicted molar refractivity (Wildman–Crippen MR) is 97.0 cm³/mol. The van der Waals surface area contributed by atoms with Gasteiger partial charge in [-0.3, -0.25) is 19.5 Å². The first-order valence-electron chi connectivity index (χ1n) is 8.30. The Kier molecular flexibility index (Phi) is 4.75. The molecule has 1 aliphatic heterocycles. The summed E-state index contributed by atoms with van der Waals surface area (Å²) >= 11 is 0. The van der Waals surface area contributed by atoms with Gasteiger partial charge in [-0.2, -0.15) is 0 Å².